The number of hydrogen-bond donors (Lipinski definition) is 2. The summed E-state index contributed by atoms with van der Waals surface area (Å²) in [5, 5.41) is 2.07. The maximum Gasteiger partial charge on any atom is 0.255 e. The van der Waals surface area contributed by atoms with E-state index in [0.29, 0.717) is 5.75 Å². The van der Waals surface area contributed by atoms with E-state index in [1.54, 1.807) is 6.07 Å². The number of nitrogens with one attached hydrogen (secondary N) is 1. The number of anilines is 1. The first-order valence-electron chi connectivity index (χ1n) is 4.54. The molecule has 3 N–H and O–H groups in total. The number of methoxy groups -OCH3 is 1. The lowest BCUT2D eigenvalue weighted by molar-refractivity contribution is 0.0892. The second-order valence-electron chi connectivity index (χ2n) is 3.05. The van der Waals surface area contributed by atoms with Gasteiger partial charge in [-0.2, -0.15) is 0 Å². The first-order chi connectivity index (χ1) is 7.54. The summed E-state index contributed by atoms with van der Waals surface area (Å²) in [4.78, 5) is 11.5. The summed E-state index contributed by atoms with van der Waals surface area (Å²) in [6, 6.07) is 4.46. The summed E-state index contributed by atoms with van der Waals surface area (Å²) in [7, 11) is 1.44. The third kappa shape index (κ3) is 3.08. The van der Waals surface area contributed by atoms with Gasteiger partial charge in [-0.25, -0.2) is 8.78 Å². The van der Waals surface area contributed by atoms with Crippen molar-refractivity contribution in [1.29, 1.82) is 0 Å². The predicted octanol–water partition coefficient (Wildman–Crippen LogP) is 1.27. The highest BCUT2D eigenvalue weighted by Gasteiger charge is 2.12. The number of alkyl halides is 2. The van der Waals surface area contributed by atoms with Gasteiger partial charge in [0.15, 0.2) is 0 Å². The van der Waals surface area contributed by atoms with Crippen LogP contribution in [0.2, 0.25) is 0 Å². The molecule has 0 spiro atoms. The van der Waals surface area contributed by atoms with Crippen molar-refractivity contribution in [2.45, 2.75) is 6.43 Å². The summed E-state index contributed by atoms with van der Waals surface area (Å²) < 4.78 is 28.7. The average molecular weight is 230 g/mol. The van der Waals surface area contributed by atoms with Crippen LogP contribution in [0.25, 0.3) is 0 Å². The monoisotopic (exact) mass is 230 g/mol. The lowest BCUT2D eigenvalue weighted by Crippen LogP contribution is -2.29. The van der Waals surface area contributed by atoms with E-state index in [2.05, 4.69) is 5.32 Å². The fourth-order valence-electron chi connectivity index (χ4n) is 1.12. The lowest BCUT2D eigenvalue weighted by atomic mass is 10.1. The Morgan fingerprint density at radius 3 is 2.81 bits per heavy atom. The van der Waals surface area contributed by atoms with Crippen molar-refractivity contribution in [3.05, 3.63) is 23.8 Å². The number of amides is 1. The molecule has 1 rings (SSSR count). The molecule has 6 heteroatoms. The molecular formula is C10H12F2N2O2. The normalized spacial score (nSPS) is 10.2. The standard InChI is InChI=1S/C10H12F2N2O2/c1-16-6-2-3-8(13)7(4-6)10(15)14-5-9(11)12/h2-4,9H,5,13H2,1H3,(H,14,15). The summed E-state index contributed by atoms with van der Waals surface area (Å²) in [5.41, 5.74) is 5.89. The van der Waals surface area contributed by atoms with Crippen molar-refractivity contribution in [2.24, 2.45) is 0 Å². The number of nitrogens with two attached hydrogens (primary N) is 1. The van der Waals surface area contributed by atoms with Gasteiger partial charge in [-0.05, 0) is 18.2 Å². The van der Waals surface area contributed by atoms with Gasteiger partial charge in [-0.15, -0.1) is 0 Å². The van der Waals surface area contributed by atoms with Gasteiger partial charge in [-0.3, -0.25) is 4.79 Å². The van der Waals surface area contributed by atoms with Crippen molar-refractivity contribution in [1.82, 2.24) is 5.32 Å². The molecular weight excluding hydrogens is 218 g/mol. The maximum absolute atomic E-state index is 11.9. The van der Waals surface area contributed by atoms with E-state index in [4.69, 9.17) is 10.5 Å². The van der Waals surface area contributed by atoms with Crippen LogP contribution in [0.5, 0.6) is 5.75 Å². The number of halogens is 2. The van der Waals surface area contributed by atoms with E-state index in [1.807, 2.05) is 0 Å². The van der Waals surface area contributed by atoms with E-state index in [-0.39, 0.29) is 11.3 Å². The second kappa shape index (κ2) is 5.29. The van der Waals surface area contributed by atoms with Crippen molar-refractivity contribution in [2.75, 3.05) is 19.4 Å². The van der Waals surface area contributed by atoms with Crippen molar-refractivity contribution in [3.8, 4) is 5.75 Å². The topological polar surface area (TPSA) is 64.3 Å². The molecule has 16 heavy (non-hydrogen) atoms. The fraction of sp³-hybridized carbons (Fsp3) is 0.300. The maximum atomic E-state index is 11.9. The first kappa shape index (κ1) is 12.2. The fourth-order valence-corrected chi connectivity index (χ4v) is 1.12. The smallest absolute Gasteiger partial charge is 0.255 e. The Bertz CT molecular complexity index is 383. The molecule has 0 unspecified atom stereocenters. The van der Waals surface area contributed by atoms with Crippen LogP contribution in [0.4, 0.5) is 14.5 Å². The van der Waals surface area contributed by atoms with Crippen LogP contribution in [0.3, 0.4) is 0 Å². The third-order valence-corrected chi connectivity index (χ3v) is 1.92. The average Bonchev–Trinajstić information content (AvgIpc) is 2.26. The zero-order valence-electron chi connectivity index (χ0n) is 8.67. The minimum absolute atomic E-state index is 0.125. The highest BCUT2D eigenvalue weighted by atomic mass is 19.3. The molecule has 88 valence electrons. The van der Waals surface area contributed by atoms with Crippen LogP contribution in [-0.2, 0) is 0 Å². The van der Waals surface area contributed by atoms with Crippen LogP contribution < -0.4 is 15.8 Å². The molecule has 0 radical (unpaired) electrons. The van der Waals surface area contributed by atoms with E-state index in [9.17, 15) is 13.6 Å². The minimum Gasteiger partial charge on any atom is -0.497 e. The van der Waals surface area contributed by atoms with Crippen LogP contribution in [0.15, 0.2) is 18.2 Å². The summed E-state index contributed by atoms with van der Waals surface area (Å²) in [6.45, 7) is -0.699. The molecule has 1 aromatic carbocycles. The molecule has 1 aromatic rings. The molecule has 0 aliphatic heterocycles. The molecule has 0 saturated carbocycles. The van der Waals surface area contributed by atoms with Crippen LogP contribution in [0, 0.1) is 0 Å². The summed E-state index contributed by atoms with van der Waals surface area (Å²) in [6.07, 6.45) is -2.59. The zero-order valence-corrected chi connectivity index (χ0v) is 8.67. The Kier molecular flexibility index (Phi) is 4.04. The molecule has 0 saturated heterocycles. The molecule has 0 bridgehead atoms. The molecule has 0 heterocycles. The number of carbonyl (C=O) groups is 1. The van der Waals surface area contributed by atoms with Crippen LogP contribution >= 0.6 is 0 Å². The molecule has 0 fully saturated rings. The van der Waals surface area contributed by atoms with Crippen LogP contribution in [0.1, 0.15) is 10.4 Å². The van der Waals surface area contributed by atoms with Crippen molar-refractivity contribution in [3.63, 3.8) is 0 Å². The van der Waals surface area contributed by atoms with E-state index in [1.165, 1.54) is 19.2 Å². The molecule has 0 atom stereocenters. The van der Waals surface area contributed by atoms with Crippen LogP contribution in [-0.4, -0.2) is 26.0 Å². The van der Waals surface area contributed by atoms with Gasteiger partial charge >= 0.3 is 0 Å². The van der Waals surface area contributed by atoms with E-state index in [0.717, 1.165) is 0 Å². The van der Waals surface area contributed by atoms with Crippen molar-refractivity contribution >= 4 is 11.6 Å². The quantitative estimate of drug-likeness (QED) is 0.765. The van der Waals surface area contributed by atoms with E-state index >= 15 is 0 Å². The molecule has 0 aliphatic rings. The van der Waals surface area contributed by atoms with Gasteiger partial charge in [0.25, 0.3) is 12.3 Å². The number of hydrogen-bond acceptors (Lipinski definition) is 3. The number of ether oxygens (including phenoxy) is 1. The van der Waals surface area contributed by atoms with Crippen molar-refractivity contribution < 1.29 is 18.3 Å². The molecule has 0 aromatic heterocycles. The molecule has 0 aliphatic carbocycles. The lowest BCUT2D eigenvalue weighted by Gasteiger charge is -2.08. The Morgan fingerprint density at radius 2 is 2.25 bits per heavy atom. The number of rotatable bonds is 4. The zero-order chi connectivity index (χ0) is 12.1. The largest absolute Gasteiger partial charge is 0.497 e. The number of benzene rings is 1. The SMILES string of the molecule is COc1ccc(N)c(C(=O)NCC(F)F)c1. The molecule has 1 amide bonds. The summed E-state index contributed by atoms with van der Waals surface area (Å²) in [5.74, 6) is -0.201. The number of carbonyl (C=O) groups excluding carboxylic acids is 1. The Balaban J connectivity index is 2.81. The Morgan fingerprint density at radius 1 is 1.56 bits per heavy atom. The van der Waals surface area contributed by atoms with Gasteiger partial charge < -0.3 is 15.8 Å². The third-order valence-electron chi connectivity index (χ3n) is 1.92. The Hall–Kier alpha value is -1.85. The van der Waals surface area contributed by atoms with Gasteiger partial charge in [0, 0.05) is 5.69 Å². The Labute approximate surface area is 91.4 Å². The van der Waals surface area contributed by atoms with Gasteiger partial charge in [-0.1, -0.05) is 0 Å². The summed E-state index contributed by atoms with van der Waals surface area (Å²) >= 11 is 0. The molecule has 4 nitrogen and oxygen atoms in total. The van der Waals surface area contributed by atoms with Gasteiger partial charge in [0.05, 0.1) is 19.2 Å². The van der Waals surface area contributed by atoms with Gasteiger partial charge in [0.2, 0.25) is 0 Å². The minimum atomic E-state index is -2.59. The second-order valence-corrected chi connectivity index (χ2v) is 3.05. The van der Waals surface area contributed by atoms with E-state index < -0.39 is 18.9 Å². The highest BCUT2D eigenvalue weighted by Crippen LogP contribution is 2.19. The number of nitrogen functional groups attached to an aromatic ring is 1. The highest BCUT2D eigenvalue weighted by molar-refractivity contribution is 5.99. The predicted molar refractivity (Wildman–Crippen MR) is 55.7 cm³/mol. The van der Waals surface area contributed by atoms with Gasteiger partial charge in [0.1, 0.15) is 5.75 Å². The first-order valence-corrected chi connectivity index (χ1v) is 4.54.